The number of rotatable bonds is 6. The zero-order valence-electron chi connectivity index (χ0n) is 16.7. The number of aromatic nitrogens is 1. The van der Waals surface area contributed by atoms with Crippen LogP contribution in [0.15, 0.2) is 18.3 Å². The number of nitrogens with zero attached hydrogens (tertiary/aromatic N) is 2. The van der Waals surface area contributed by atoms with Crippen molar-refractivity contribution >= 4 is 17.6 Å². The van der Waals surface area contributed by atoms with Crippen LogP contribution in [0.3, 0.4) is 0 Å². The molecule has 0 spiro atoms. The number of carbonyl (C=O) groups excluding carboxylic acids is 2. The molecule has 1 saturated heterocycles. The lowest BCUT2D eigenvalue weighted by Crippen LogP contribution is -2.55. The van der Waals surface area contributed by atoms with Crippen molar-refractivity contribution in [3.05, 3.63) is 29.6 Å². The summed E-state index contributed by atoms with van der Waals surface area (Å²) in [6, 6.07) is 2.50. The molecule has 1 aliphatic heterocycles. The smallest absolute Gasteiger partial charge is 0.243 e. The van der Waals surface area contributed by atoms with Crippen LogP contribution in [0, 0.1) is 16.7 Å². The van der Waals surface area contributed by atoms with Crippen LogP contribution in [0.4, 0.5) is 0 Å². The second-order valence-electron chi connectivity index (χ2n) is 8.86. The molecule has 2 bridgehead atoms. The van der Waals surface area contributed by atoms with E-state index in [2.05, 4.69) is 10.3 Å². The van der Waals surface area contributed by atoms with Crippen LogP contribution >= 0.6 is 0 Å². The Labute approximate surface area is 170 Å². The molecule has 29 heavy (non-hydrogen) atoms. The quantitative estimate of drug-likeness (QED) is 0.416. The third-order valence-corrected chi connectivity index (χ3v) is 7.13. The Morgan fingerprint density at radius 2 is 2.07 bits per heavy atom. The molecular formula is C21H30N6O2. The maximum Gasteiger partial charge on any atom is 0.243 e. The Balaban J connectivity index is 1.36. The lowest BCUT2D eigenvalue weighted by Gasteiger charge is -2.36. The fourth-order valence-electron chi connectivity index (χ4n) is 5.41. The van der Waals surface area contributed by atoms with Crippen LogP contribution in [0.2, 0.25) is 0 Å². The van der Waals surface area contributed by atoms with E-state index < -0.39 is 12.1 Å². The van der Waals surface area contributed by atoms with Gasteiger partial charge in [-0.3, -0.25) is 20.0 Å². The molecule has 6 N–H and O–H groups in total. The van der Waals surface area contributed by atoms with Gasteiger partial charge in [-0.15, -0.1) is 0 Å². The molecule has 156 valence electrons. The monoisotopic (exact) mass is 398 g/mol. The van der Waals surface area contributed by atoms with E-state index in [1.165, 1.54) is 12.8 Å². The summed E-state index contributed by atoms with van der Waals surface area (Å²) in [5.41, 5.74) is 13.1. The standard InChI is InChI=1S/C21H30N6O2/c22-17(21-7-5-13(10-21)6-8-21)20(29)27-9-1-2-16(27)19(28)26-12-14-3-4-15(18(23)24)25-11-14/h3-4,11,13,16-17H,1-2,5-10,12,22H2,(H3,23,24)(H,26,28)/t13?,16-,17?,21?/m0/s1. The minimum Gasteiger partial charge on any atom is -0.382 e. The van der Waals surface area contributed by atoms with Crippen LogP contribution in [0.1, 0.15) is 56.2 Å². The maximum atomic E-state index is 13.2. The molecule has 0 radical (unpaired) electrons. The number of fused-ring (bicyclic) bond motifs is 2. The van der Waals surface area contributed by atoms with Crippen molar-refractivity contribution < 1.29 is 9.59 Å². The summed E-state index contributed by atoms with van der Waals surface area (Å²) >= 11 is 0. The first-order valence-corrected chi connectivity index (χ1v) is 10.5. The number of nitrogen functional groups attached to an aromatic ring is 1. The molecule has 3 aliphatic rings. The predicted octanol–water partition coefficient (Wildman–Crippen LogP) is 0.880. The van der Waals surface area contributed by atoms with Crippen LogP contribution in [0.5, 0.6) is 0 Å². The van der Waals surface area contributed by atoms with Gasteiger partial charge >= 0.3 is 0 Å². The van der Waals surface area contributed by atoms with E-state index in [1.54, 1.807) is 23.2 Å². The van der Waals surface area contributed by atoms with Gasteiger partial charge in [-0.05, 0) is 67.9 Å². The van der Waals surface area contributed by atoms with E-state index in [1.807, 2.05) is 0 Å². The molecule has 1 aromatic heterocycles. The Kier molecular flexibility index (Phi) is 5.29. The maximum absolute atomic E-state index is 13.2. The molecule has 1 unspecified atom stereocenters. The van der Waals surface area contributed by atoms with Gasteiger partial charge in [0.2, 0.25) is 11.8 Å². The topological polar surface area (TPSA) is 138 Å². The Hall–Kier alpha value is -2.48. The van der Waals surface area contributed by atoms with Gasteiger partial charge in [0.1, 0.15) is 17.6 Å². The number of nitrogens with two attached hydrogens (primary N) is 2. The van der Waals surface area contributed by atoms with E-state index in [0.29, 0.717) is 25.2 Å². The number of amidine groups is 1. The van der Waals surface area contributed by atoms with Crippen LogP contribution in [-0.4, -0.2) is 46.2 Å². The van der Waals surface area contributed by atoms with Crippen molar-refractivity contribution in [3.8, 4) is 0 Å². The predicted molar refractivity (Wildman–Crippen MR) is 109 cm³/mol. The van der Waals surface area contributed by atoms with Crippen molar-refractivity contribution in [2.45, 2.75) is 63.6 Å². The van der Waals surface area contributed by atoms with Gasteiger partial charge in [-0.1, -0.05) is 6.07 Å². The van der Waals surface area contributed by atoms with Crippen molar-refractivity contribution in [1.29, 1.82) is 5.41 Å². The molecule has 2 amide bonds. The summed E-state index contributed by atoms with van der Waals surface area (Å²) in [5.74, 6) is 0.437. The molecule has 2 heterocycles. The van der Waals surface area contributed by atoms with Gasteiger partial charge in [-0.2, -0.15) is 0 Å². The molecule has 2 atom stereocenters. The molecule has 1 aromatic rings. The Morgan fingerprint density at radius 3 is 2.66 bits per heavy atom. The fraction of sp³-hybridized carbons (Fsp3) is 0.619. The van der Waals surface area contributed by atoms with Gasteiger partial charge in [0.25, 0.3) is 0 Å². The van der Waals surface area contributed by atoms with Gasteiger partial charge in [0.15, 0.2) is 0 Å². The average Bonchev–Trinajstić information content (AvgIpc) is 3.47. The van der Waals surface area contributed by atoms with E-state index in [-0.39, 0.29) is 23.1 Å². The van der Waals surface area contributed by atoms with Crippen molar-refractivity contribution in [2.75, 3.05) is 6.54 Å². The van der Waals surface area contributed by atoms with Gasteiger partial charge in [0.05, 0.1) is 6.04 Å². The summed E-state index contributed by atoms with van der Waals surface area (Å²) in [6.45, 7) is 0.916. The first kappa shape index (κ1) is 19.8. The van der Waals surface area contributed by atoms with E-state index in [0.717, 1.165) is 37.2 Å². The van der Waals surface area contributed by atoms with E-state index >= 15 is 0 Å². The van der Waals surface area contributed by atoms with Crippen molar-refractivity contribution in [2.24, 2.45) is 22.8 Å². The van der Waals surface area contributed by atoms with E-state index in [9.17, 15) is 9.59 Å². The molecule has 2 saturated carbocycles. The van der Waals surface area contributed by atoms with Crippen molar-refractivity contribution in [3.63, 3.8) is 0 Å². The number of hydrogen-bond acceptors (Lipinski definition) is 5. The van der Waals surface area contributed by atoms with Crippen molar-refractivity contribution in [1.82, 2.24) is 15.2 Å². The third kappa shape index (κ3) is 3.73. The SMILES string of the molecule is N=C(N)c1ccc(CNC(=O)[C@@H]2CCCN2C(=O)C(N)C23CCC(CC2)C3)cn1. The van der Waals surface area contributed by atoms with Gasteiger partial charge < -0.3 is 21.7 Å². The summed E-state index contributed by atoms with van der Waals surface area (Å²) in [7, 11) is 0. The second-order valence-corrected chi connectivity index (χ2v) is 8.86. The zero-order valence-corrected chi connectivity index (χ0v) is 16.7. The lowest BCUT2D eigenvalue weighted by molar-refractivity contribution is -0.141. The first-order valence-electron chi connectivity index (χ1n) is 10.5. The molecule has 4 rings (SSSR count). The highest BCUT2D eigenvalue weighted by molar-refractivity contribution is 5.93. The minimum absolute atomic E-state index is 0.0461. The van der Waals surface area contributed by atoms with E-state index in [4.69, 9.17) is 16.9 Å². The summed E-state index contributed by atoms with van der Waals surface area (Å²) in [6.07, 6.45) is 8.59. The molecule has 8 nitrogen and oxygen atoms in total. The first-order chi connectivity index (χ1) is 13.9. The van der Waals surface area contributed by atoms with Gasteiger partial charge in [0, 0.05) is 19.3 Å². The Morgan fingerprint density at radius 1 is 1.31 bits per heavy atom. The molecule has 2 aliphatic carbocycles. The molecule has 3 fully saturated rings. The normalized spacial score (nSPS) is 29.1. The number of likely N-dealkylation sites (tertiary alicyclic amines) is 1. The number of amides is 2. The highest BCUT2D eigenvalue weighted by Crippen LogP contribution is 2.55. The van der Waals surface area contributed by atoms with Gasteiger partial charge in [-0.25, -0.2) is 0 Å². The summed E-state index contributed by atoms with van der Waals surface area (Å²) < 4.78 is 0. The summed E-state index contributed by atoms with van der Waals surface area (Å²) in [5, 5.41) is 10.3. The second kappa shape index (κ2) is 7.74. The molecule has 0 aromatic carbocycles. The highest BCUT2D eigenvalue weighted by atomic mass is 16.2. The summed E-state index contributed by atoms with van der Waals surface area (Å²) in [4.78, 5) is 31.8. The highest BCUT2D eigenvalue weighted by Gasteiger charge is 2.52. The van der Waals surface area contributed by atoms with Crippen LogP contribution in [-0.2, 0) is 16.1 Å². The molecular weight excluding hydrogens is 368 g/mol. The minimum atomic E-state index is -0.494. The lowest BCUT2D eigenvalue weighted by atomic mass is 9.77. The zero-order chi connectivity index (χ0) is 20.6. The number of carbonyl (C=O) groups is 2. The number of nitrogens with one attached hydrogen (secondary N) is 2. The molecule has 8 heteroatoms. The fourth-order valence-corrected chi connectivity index (χ4v) is 5.41. The Bertz CT molecular complexity index is 800. The largest absolute Gasteiger partial charge is 0.382 e. The van der Waals surface area contributed by atoms with Crippen LogP contribution < -0.4 is 16.8 Å². The third-order valence-electron chi connectivity index (χ3n) is 7.13. The average molecular weight is 399 g/mol. The number of pyridine rings is 1. The number of hydrogen-bond donors (Lipinski definition) is 4. The van der Waals surface area contributed by atoms with Crippen LogP contribution in [0.25, 0.3) is 0 Å².